The van der Waals surface area contributed by atoms with Crippen molar-refractivity contribution in [2.75, 3.05) is 13.1 Å². The molecule has 1 aromatic rings. The highest BCUT2D eigenvalue weighted by atomic mass is 16.4. The molecule has 0 saturated carbocycles. The van der Waals surface area contributed by atoms with Crippen molar-refractivity contribution in [2.45, 2.75) is 19.4 Å². The number of carbonyl (C=O) groups is 2. The van der Waals surface area contributed by atoms with Gasteiger partial charge in [-0.3, -0.25) is 14.3 Å². The van der Waals surface area contributed by atoms with Crippen LogP contribution in [0.2, 0.25) is 0 Å². The standard InChI is InChI=1S/C11H15N3O3/c15-10(8-14-6-2-4-12-14)13-5-1-3-9(7-13)11(16)17/h2,4,6,9H,1,3,5,7-8H2,(H,16,17)/t9-/m0/s1. The number of hydrogen-bond donors (Lipinski definition) is 1. The zero-order valence-electron chi connectivity index (χ0n) is 9.45. The third-order valence-corrected chi connectivity index (χ3v) is 2.98. The highest BCUT2D eigenvalue weighted by Crippen LogP contribution is 2.16. The minimum absolute atomic E-state index is 0.0698. The van der Waals surface area contributed by atoms with Gasteiger partial charge in [-0.05, 0) is 18.9 Å². The van der Waals surface area contributed by atoms with Crippen LogP contribution in [0, 0.1) is 5.92 Å². The summed E-state index contributed by atoms with van der Waals surface area (Å²) in [5.74, 6) is -1.31. The normalized spacial score (nSPS) is 20.2. The van der Waals surface area contributed by atoms with Crippen molar-refractivity contribution in [1.29, 1.82) is 0 Å². The van der Waals surface area contributed by atoms with Crippen LogP contribution in [0.25, 0.3) is 0 Å². The second-order valence-corrected chi connectivity index (χ2v) is 4.22. The van der Waals surface area contributed by atoms with E-state index >= 15 is 0 Å². The number of carboxylic acids is 1. The summed E-state index contributed by atoms with van der Waals surface area (Å²) in [6.07, 6.45) is 4.74. The van der Waals surface area contributed by atoms with Crippen molar-refractivity contribution in [3.8, 4) is 0 Å². The molecule has 6 heteroatoms. The fourth-order valence-corrected chi connectivity index (χ4v) is 2.04. The minimum atomic E-state index is -0.818. The monoisotopic (exact) mass is 237 g/mol. The average Bonchev–Trinajstić information content (AvgIpc) is 2.82. The van der Waals surface area contributed by atoms with Crippen LogP contribution in [0.1, 0.15) is 12.8 Å². The van der Waals surface area contributed by atoms with Gasteiger partial charge in [-0.25, -0.2) is 0 Å². The number of amides is 1. The van der Waals surface area contributed by atoms with Crippen molar-refractivity contribution in [3.63, 3.8) is 0 Å². The molecule has 0 unspecified atom stereocenters. The number of likely N-dealkylation sites (tertiary alicyclic amines) is 1. The Morgan fingerprint density at radius 2 is 2.29 bits per heavy atom. The molecule has 0 aliphatic carbocycles. The zero-order chi connectivity index (χ0) is 12.3. The molecule has 17 heavy (non-hydrogen) atoms. The molecule has 1 aromatic heterocycles. The minimum Gasteiger partial charge on any atom is -0.481 e. The molecule has 1 aliphatic rings. The van der Waals surface area contributed by atoms with Crippen LogP contribution >= 0.6 is 0 Å². The number of piperidine rings is 1. The van der Waals surface area contributed by atoms with Crippen molar-refractivity contribution in [3.05, 3.63) is 18.5 Å². The Labute approximate surface area is 98.8 Å². The van der Waals surface area contributed by atoms with Gasteiger partial charge in [0.25, 0.3) is 0 Å². The van der Waals surface area contributed by atoms with Crippen LogP contribution in [-0.4, -0.2) is 44.8 Å². The number of nitrogens with zero attached hydrogens (tertiary/aromatic N) is 3. The molecule has 1 atom stereocenters. The summed E-state index contributed by atoms with van der Waals surface area (Å²) in [7, 11) is 0. The van der Waals surface area contributed by atoms with Gasteiger partial charge in [0, 0.05) is 25.5 Å². The Balaban J connectivity index is 1.93. The molecule has 1 fully saturated rings. The molecule has 0 radical (unpaired) electrons. The fourth-order valence-electron chi connectivity index (χ4n) is 2.04. The van der Waals surface area contributed by atoms with Gasteiger partial charge in [-0.2, -0.15) is 5.10 Å². The number of carbonyl (C=O) groups excluding carboxylic acids is 1. The van der Waals surface area contributed by atoms with E-state index in [1.54, 1.807) is 28.0 Å². The zero-order valence-corrected chi connectivity index (χ0v) is 9.45. The molecule has 1 saturated heterocycles. The fraction of sp³-hybridized carbons (Fsp3) is 0.545. The van der Waals surface area contributed by atoms with Gasteiger partial charge in [-0.1, -0.05) is 0 Å². The van der Waals surface area contributed by atoms with E-state index in [1.807, 2.05) is 0 Å². The topological polar surface area (TPSA) is 75.4 Å². The summed E-state index contributed by atoms with van der Waals surface area (Å²) in [5.41, 5.74) is 0. The maximum atomic E-state index is 11.9. The average molecular weight is 237 g/mol. The van der Waals surface area contributed by atoms with Gasteiger partial charge in [0.15, 0.2) is 0 Å². The molecule has 0 aromatic carbocycles. The molecule has 1 aliphatic heterocycles. The van der Waals surface area contributed by atoms with E-state index < -0.39 is 11.9 Å². The predicted molar refractivity (Wildman–Crippen MR) is 59.2 cm³/mol. The highest BCUT2D eigenvalue weighted by Gasteiger charge is 2.27. The van der Waals surface area contributed by atoms with E-state index in [0.717, 1.165) is 6.42 Å². The van der Waals surface area contributed by atoms with Gasteiger partial charge in [0.1, 0.15) is 6.54 Å². The first kappa shape index (κ1) is 11.6. The third-order valence-electron chi connectivity index (χ3n) is 2.98. The van der Waals surface area contributed by atoms with E-state index in [0.29, 0.717) is 19.5 Å². The van der Waals surface area contributed by atoms with Gasteiger partial charge < -0.3 is 10.0 Å². The number of aliphatic carboxylic acids is 1. The van der Waals surface area contributed by atoms with E-state index in [4.69, 9.17) is 5.11 Å². The maximum Gasteiger partial charge on any atom is 0.308 e. The summed E-state index contributed by atoms with van der Waals surface area (Å²) < 4.78 is 1.55. The molecular weight excluding hydrogens is 222 g/mol. The summed E-state index contributed by atoms with van der Waals surface area (Å²) >= 11 is 0. The predicted octanol–water partition coefficient (Wildman–Crippen LogP) is 0.206. The molecule has 1 amide bonds. The second kappa shape index (κ2) is 4.99. The Hall–Kier alpha value is -1.85. The highest BCUT2D eigenvalue weighted by molar-refractivity contribution is 5.77. The van der Waals surface area contributed by atoms with Crippen molar-refractivity contribution >= 4 is 11.9 Å². The van der Waals surface area contributed by atoms with Crippen LogP contribution in [0.5, 0.6) is 0 Å². The number of rotatable bonds is 3. The quantitative estimate of drug-likeness (QED) is 0.815. The number of carboxylic acid groups (broad SMARTS) is 1. The number of hydrogen-bond acceptors (Lipinski definition) is 3. The summed E-state index contributed by atoms with van der Waals surface area (Å²) in [5, 5.41) is 12.9. The van der Waals surface area contributed by atoms with Gasteiger partial charge in [0.05, 0.1) is 5.92 Å². The first-order chi connectivity index (χ1) is 8.16. The molecule has 2 rings (SSSR count). The molecule has 2 heterocycles. The van der Waals surface area contributed by atoms with Crippen LogP contribution in [0.3, 0.4) is 0 Å². The maximum absolute atomic E-state index is 11.9. The van der Waals surface area contributed by atoms with Crippen LogP contribution in [0.15, 0.2) is 18.5 Å². The van der Waals surface area contributed by atoms with Crippen molar-refractivity contribution < 1.29 is 14.7 Å². The van der Waals surface area contributed by atoms with E-state index in [9.17, 15) is 9.59 Å². The lowest BCUT2D eigenvalue weighted by atomic mass is 9.98. The Kier molecular flexibility index (Phi) is 3.41. The lowest BCUT2D eigenvalue weighted by Gasteiger charge is -2.30. The summed E-state index contributed by atoms with van der Waals surface area (Å²) in [6, 6.07) is 1.75. The SMILES string of the molecule is O=C(O)[C@H]1CCCN(C(=O)Cn2cccn2)C1. The van der Waals surface area contributed by atoms with Crippen LogP contribution in [0.4, 0.5) is 0 Å². The molecule has 0 bridgehead atoms. The Bertz CT molecular complexity index is 402. The van der Waals surface area contributed by atoms with Crippen molar-refractivity contribution in [1.82, 2.24) is 14.7 Å². The summed E-state index contributed by atoms with van der Waals surface area (Å²) in [6.45, 7) is 1.14. The van der Waals surface area contributed by atoms with Crippen LogP contribution in [-0.2, 0) is 16.1 Å². The lowest BCUT2D eigenvalue weighted by Crippen LogP contribution is -2.43. The van der Waals surface area contributed by atoms with Gasteiger partial charge >= 0.3 is 5.97 Å². The van der Waals surface area contributed by atoms with E-state index in [1.165, 1.54) is 0 Å². The Morgan fingerprint density at radius 3 is 2.94 bits per heavy atom. The third kappa shape index (κ3) is 2.83. The molecule has 0 spiro atoms. The first-order valence-electron chi connectivity index (χ1n) is 5.65. The summed E-state index contributed by atoms with van der Waals surface area (Å²) in [4.78, 5) is 24.4. The molecule has 6 nitrogen and oxygen atoms in total. The number of aromatic nitrogens is 2. The molecular formula is C11H15N3O3. The van der Waals surface area contributed by atoms with Gasteiger partial charge in [-0.15, -0.1) is 0 Å². The lowest BCUT2D eigenvalue weighted by molar-refractivity contribution is -0.145. The smallest absolute Gasteiger partial charge is 0.308 e. The van der Waals surface area contributed by atoms with Crippen molar-refractivity contribution in [2.24, 2.45) is 5.92 Å². The molecule has 92 valence electrons. The molecule has 1 N–H and O–H groups in total. The first-order valence-corrected chi connectivity index (χ1v) is 5.65. The Morgan fingerprint density at radius 1 is 1.47 bits per heavy atom. The van der Waals surface area contributed by atoms with E-state index in [2.05, 4.69) is 5.10 Å². The van der Waals surface area contributed by atoms with Crippen LogP contribution < -0.4 is 0 Å². The van der Waals surface area contributed by atoms with E-state index in [-0.39, 0.29) is 12.5 Å². The second-order valence-electron chi connectivity index (χ2n) is 4.22. The van der Waals surface area contributed by atoms with Gasteiger partial charge in [0.2, 0.25) is 5.91 Å². The largest absolute Gasteiger partial charge is 0.481 e.